The molecule has 0 saturated heterocycles. The van der Waals surface area contributed by atoms with E-state index in [1.165, 1.54) is 11.1 Å². The van der Waals surface area contributed by atoms with Crippen LogP contribution in [0.15, 0.2) is 47.8 Å². The van der Waals surface area contributed by atoms with Gasteiger partial charge in [-0.15, -0.1) is 0 Å². The largest absolute Gasteiger partial charge is 0.409 e. The SMILES string of the molecule is CC(C)(C)c1ccc(Cn2cccc2/C(N)=N/O)cc1. The summed E-state index contributed by atoms with van der Waals surface area (Å²) < 4.78 is 1.96. The van der Waals surface area contributed by atoms with E-state index in [9.17, 15) is 0 Å². The molecule has 20 heavy (non-hydrogen) atoms. The Bertz CT molecular complexity index is 603. The third-order valence-electron chi connectivity index (χ3n) is 3.37. The second-order valence-corrected chi connectivity index (χ2v) is 5.95. The van der Waals surface area contributed by atoms with E-state index in [0.717, 1.165) is 0 Å². The van der Waals surface area contributed by atoms with Crippen LogP contribution in [0.5, 0.6) is 0 Å². The summed E-state index contributed by atoms with van der Waals surface area (Å²) in [6.07, 6.45) is 1.92. The molecule has 0 bridgehead atoms. The maximum Gasteiger partial charge on any atom is 0.186 e. The molecule has 0 aliphatic rings. The monoisotopic (exact) mass is 271 g/mol. The average molecular weight is 271 g/mol. The number of oxime groups is 1. The van der Waals surface area contributed by atoms with Crippen molar-refractivity contribution in [1.82, 2.24) is 4.57 Å². The van der Waals surface area contributed by atoms with Crippen LogP contribution in [0, 0.1) is 0 Å². The topological polar surface area (TPSA) is 63.5 Å². The van der Waals surface area contributed by atoms with Crippen molar-refractivity contribution in [2.24, 2.45) is 10.9 Å². The molecular formula is C16H21N3O. The van der Waals surface area contributed by atoms with E-state index in [0.29, 0.717) is 12.2 Å². The molecule has 0 aliphatic heterocycles. The van der Waals surface area contributed by atoms with Gasteiger partial charge in [0, 0.05) is 12.7 Å². The summed E-state index contributed by atoms with van der Waals surface area (Å²) in [4.78, 5) is 0. The number of aromatic nitrogens is 1. The van der Waals surface area contributed by atoms with Gasteiger partial charge in [-0.1, -0.05) is 50.2 Å². The molecule has 0 radical (unpaired) electrons. The Labute approximate surface area is 119 Å². The lowest BCUT2D eigenvalue weighted by Gasteiger charge is -2.19. The van der Waals surface area contributed by atoms with Crippen molar-refractivity contribution in [3.8, 4) is 0 Å². The van der Waals surface area contributed by atoms with Gasteiger partial charge in [-0.05, 0) is 28.7 Å². The minimum Gasteiger partial charge on any atom is -0.409 e. The zero-order valence-electron chi connectivity index (χ0n) is 12.2. The minimum absolute atomic E-state index is 0.126. The minimum atomic E-state index is 0.126. The Balaban J connectivity index is 2.21. The highest BCUT2D eigenvalue weighted by molar-refractivity contribution is 5.95. The lowest BCUT2D eigenvalue weighted by atomic mass is 9.87. The Morgan fingerprint density at radius 2 is 1.85 bits per heavy atom. The summed E-state index contributed by atoms with van der Waals surface area (Å²) in [7, 11) is 0. The van der Waals surface area contributed by atoms with Gasteiger partial charge in [-0.2, -0.15) is 0 Å². The maximum atomic E-state index is 8.77. The lowest BCUT2D eigenvalue weighted by Crippen LogP contribution is -2.18. The van der Waals surface area contributed by atoms with Gasteiger partial charge in [0.25, 0.3) is 0 Å². The van der Waals surface area contributed by atoms with Crippen LogP contribution in [0.25, 0.3) is 0 Å². The van der Waals surface area contributed by atoms with Gasteiger partial charge in [0.1, 0.15) is 0 Å². The number of nitrogens with two attached hydrogens (primary N) is 1. The van der Waals surface area contributed by atoms with E-state index in [-0.39, 0.29) is 11.3 Å². The first kappa shape index (κ1) is 14.2. The van der Waals surface area contributed by atoms with E-state index < -0.39 is 0 Å². The van der Waals surface area contributed by atoms with Gasteiger partial charge in [-0.3, -0.25) is 0 Å². The number of amidine groups is 1. The van der Waals surface area contributed by atoms with E-state index >= 15 is 0 Å². The summed E-state index contributed by atoms with van der Waals surface area (Å²) in [5, 5.41) is 11.8. The normalized spacial score (nSPS) is 12.7. The van der Waals surface area contributed by atoms with E-state index in [2.05, 4.69) is 50.2 Å². The van der Waals surface area contributed by atoms with Gasteiger partial charge >= 0.3 is 0 Å². The van der Waals surface area contributed by atoms with Crippen molar-refractivity contribution in [3.63, 3.8) is 0 Å². The summed E-state index contributed by atoms with van der Waals surface area (Å²) in [5.74, 6) is 0.126. The smallest absolute Gasteiger partial charge is 0.186 e. The van der Waals surface area contributed by atoms with Crippen LogP contribution in [0.2, 0.25) is 0 Å². The third-order valence-corrected chi connectivity index (χ3v) is 3.37. The van der Waals surface area contributed by atoms with E-state index in [1.54, 1.807) is 0 Å². The van der Waals surface area contributed by atoms with Crippen LogP contribution in [0.3, 0.4) is 0 Å². The molecule has 1 aromatic heterocycles. The molecule has 1 heterocycles. The molecule has 106 valence electrons. The highest BCUT2D eigenvalue weighted by atomic mass is 16.4. The predicted molar refractivity (Wildman–Crippen MR) is 81.2 cm³/mol. The Kier molecular flexibility index (Phi) is 3.84. The molecule has 4 nitrogen and oxygen atoms in total. The Hall–Kier alpha value is -2.23. The number of hydrogen-bond donors (Lipinski definition) is 2. The molecule has 0 amide bonds. The van der Waals surface area contributed by atoms with Gasteiger partial charge in [-0.25, -0.2) is 0 Å². The number of nitrogens with zero attached hydrogens (tertiary/aromatic N) is 2. The highest BCUT2D eigenvalue weighted by Gasteiger charge is 2.13. The fraction of sp³-hybridized carbons (Fsp3) is 0.312. The summed E-state index contributed by atoms with van der Waals surface area (Å²) >= 11 is 0. The van der Waals surface area contributed by atoms with Crippen LogP contribution < -0.4 is 5.73 Å². The number of rotatable bonds is 3. The van der Waals surface area contributed by atoms with Crippen molar-refractivity contribution >= 4 is 5.84 Å². The van der Waals surface area contributed by atoms with E-state index in [1.807, 2.05) is 22.9 Å². The molecule has 2 aromatic rings. The average Bonchev–Trinajstić information content (AvgIpc) is 2.85. The second-order valence-electron chi connectivity index (χ2n) is 5.95. The Morgan fingerprint density at radius 1 is 1.20 bits per heavy atom. The zero-order valence-corrected chi connectivity index (χ0v) is 12.2. The summed E-state index contributed by atoms with van der Waals surface area (Å²) in [6, 6.07) is 12.3. The van der Waals surface area contributed by atoms with Gasteiger partial charge in [0.05, 0.1) is 5.69 Å². The van der Waals surface area contributed by atoms with Gasteiger partial charge < -0.3 is 15.5 Å². The molecule has 3 N–H and O–H groups in total. The first-order valence-corrected chi connectivity index (χ1v) is 6.64. The third kappa shape index (κ3) is 3.02. The summed E-state index contributed by atoms with van der Waals surface area (Å²) in [5.41, 5.74) is 9.02. The Morgan fingerprint density at radius 3 is 2.40 bits per heavy atom. The molecule has 0 spiro atoms. The molecule has 0 unspecified atom stereocenters. The fourth-order valence-corrected chi connectivity index (χ4v) is 2.14. The molecule has 4 heteroatoms. The van der Waals surface area contributed by atoms with Crippen LogP contribution in [-0.4, -0.2) is 15.6 Å². The van der Waals surface area contributed by atoms with Crippen molar-refractivity contribution in [2.45, 2.75) is 32.7 Å². The quantitative estimate of drug-likeness (QED) is 0.390. The summed E-state index contributed by atoms with van der Waals surface area (Å²) in [6.45, 7) is 7.29. The number of benzene rings is 1. The van der Waals surface area contributed by atoms with Gasteiger partial charge in [0.15, 0.2) is 5.84 Å². The maximum absolute atomic E-state index is 8.77. The standard InChI is InChI=1S/C16H21N3O/c1-16(2,3)13-8-6-12(7-9-13)11-19-10-4-5-14(19)15(17)18-20/h4-10,20H,11H2,1-3H3,(H2,17,18). The van der Waals surface area contributed by atoms with Crippen molar-refractivity contribution in [1.29, 1.82) is 0 Å². The van der Waals surface area contributed by atoms with Crippen LogP contribution >= 0.6 is 0 Å². The molecular weight excluding hydrogens is 250 g/mol. The van der Waals surface area contributed by atoms with Crippen LogP contribution in [0.4, 0.5) is 0 Å². The van der Waals surface area contributed by atoms with Crippen molar-refractivity contribution < 1.29 is 5.21 Å². The first-order chi connectivity index (χ1) is 9.41. The number of hydrogen-bond acceptors (Lipinski definition) is 2. The van der Waals surface area contributed by atoms with Crippen LogP contribution in [-0.2, 0) is 12.0 Å². The molecule has 0 aliphatic carbocycles. The fourth-order valence-electron chi connectivity index (χ4n) is 2.14. The second kappa shape index (κ2) is 5.41. The van der Waals surface area contributed by atoms with Crippen molar-refractivity contribution in [2.75, 3.05) is 0 Å². The van der Waals surface area contributed by atoms with Crippen LogP contribution in [0.1, 0.15) is 37.6 Å². The molecule has 2 rings (SSSR count). The first-order valence-electron chi connectivity index (χ1n) is 6.64. The van der Waals surface area contributed by atoms with Gasteiger partial charge in [0.2, 0.25) is 0 Å². The molecule has 0 fully saturated rings. The van der Waals surface area contributed by atoms with E-state index in [4.69, 9.17) is 10.9 Å². The lowest BCUT2D eigenvalue weighted by molar-refractivity contribution is 0.318. The predicted octanol–water partition coefficient (Wildman–Crippen LogP) is 2.93. The zero-order chi connectivity index (χ0) is 14.8. The molecule has 0 saturated carbocycles. The highest BCUT2D eigenvalue weighted by Crippen LogP contribution is 2.22. The molecule has 1 aromatic carbocycles. The molecule has 0 atom stereocenters. The van der Waals surface area contributed by atoms with Crippen molar-refractivity contribution in [3.05, 3.63) is 59.4 Å².